The van der Waals surface area contributed by atoms with Gasteiger partial charge in [-0.3, -0.25) is 9.52 Å². The van der Waals surface area contributed by atoms with Gasteiger partial charge in [-0.05, 0) is 38.5 Å². The van der Waals surface area contributed by atoms with Crippen LogP contribution in [-0.4, -0.2) is 39.9 Å². The highest BCUT2D eigenvalue weighted by Gasteiger charge is 2.25. The van der Waals surface area contributed by atoms with Crippen LogP contribution in [0.2, 0.25) is 0 Å². The number of fused-ring (bicyclic) bond motifs is 1. The topological polar surface area (TPSA) is 118 Å². The van der Waals surface area contributed by atoms with Crippen molar-refractivity contribution >= 4 is 32.5 Å². The maximum atomic E-state index is 15.2. The second-order valence-electron chi connectivity index (χ2n) is 7.77. The molecule has 11 heteroatoms. The monoisotopic (exact) mass is 485 g/mol. The number of nitrogens with zero attached hydrogens (tertiary/aromatic N) is 3. The van der Waals surface area contributed by atoms with Gasteiger partial charge in [-0.15, -0.1) is 0 Å². The Bertz CT molecular complexity index is 1530. The van der Waals surface area contributed by atoms with Crippen LogP contribution in [0.25, 0.3) is 22.2 Å². The standard InChI is InChI=1S/C23H21F2N5O3S/c1-4-7-34(32,33)30-21-19(24)6-5-15(20(21)25)22(31)18-11-28-23-16(18)8-14(9-27-23)17-10-26-13(3)29-12(17)2/h5-6,8-11,30H,4,7H2,1-3H3,(H,27,28). The van der Waals surface area contributed by atoms with Crippen LogP contribution in [0.5, 0.6) is 0 Å². The van der Waals surface area contributed by atoms with Crippen LogP contribution in [0, 0.1) is 25.5 Å². The largest absolute Gasteiger partial charge is 0.345 e. The van der Waals surface area contributed by atoms with E-state index in [1.807, 2.05) is 11.6 Å². The number of sulfonamides is 1. The van der Waals surface area contributed by atoms with Crippen LogP contribution in [-0.2, 0) is 10.0 Å². The summed E-state index contributed by atoms with van der Waals surface area (Å²) in [7, 11) is -3.97. The Labute approximate surface area is 194 Å². The number of pyridine rings is 1. The van der Waals surface area contributed by atoms with E-state index in [4.69, 9.17) is 0 Å². The lowest BCUT2D eigenvalue weighted by Gasteiger charge is -2.11. The highest BCUT2D eigenvalue weighted by molar-refractivity contribution is 7.92. The zero-order chi connectivity index (χ0) is 24.6. The maximum Gasteiger partial charge on any atom is 0.232 e. The predicted octanol–water partition coefficient (Wildman–Crippen LogP) is 4.30. The molecule has 176 valence electrons. The number of aromatic amines is 1. The number of ketones is 1. The van der Waals surface area contributed by atoms with Crippen molar-refractivity contribution in [2.24, 2.45) is 0 Å². The Morgan fingerprint density at radius 2 is 1.88 bits per heavy atom. The third-order valence-corrected chi connectivity index (χ3v) is 6.71. The Morgan fingerprint density at radius 1 is 1.12 bits per heavy atom. The normalized spacial score (nSPS) is 11.7. The Hall–Kier alpha value is -3.73. The third-order valence-electron chi connectivity index (χ3n) is 5.25. The molecule has 0 unspecified atom stereocenters. The van der Waals surface area contributed by atoms with E-state index in [2.05, 4.69) is 19.9 Å². The number of hydrogen-bond donors (Lipinski definition) is 2. The highest BCUT2D eigenvalue weighted by Crippen LogP contribution is 2.30. The van der Waals surface area contributed by atoms with Gasteiger partial charge in [0.15, 0.2) is 11.6 Å². The number of rotatable bonds is 7. The second-order valence-corrected chi connectivity index (χ2v) is 9.61. The molecule has 0 saturated heterocycles. The van der Waals surface area contributed by atoms with E-state index in [0.29, 0.717) is 22.4 Å². The van der Waals surface area contributed by atoms with E-state index in [-0.39, 0.29) is 17.7 Å². The number of nitrogens with one attached hydrogen (secondary N) is 2. The Balaban J connectivity index is 1.78. The molecule has 3 aromatic heterocycles. The lowest BCUT2D eigenvalue weighted by Crippen LogP contribution is -2.19. The van der Waals surface area contributed by atoms with Gasteiger partial charge in [0, 0.05) is 46.4 Å². The van der Waals surface area contributed by atoms with E-state index < -0.39 is 38.7 Å². The van der Waals surface area contributed by atoms with Crippen molar-refractivity contribution in [2.45, 2.75) is 27.2 Å². The first-order chi connectivity index (χ1) is 16.1. The summed E-state index contributed by atoms with van der Waals surface area (Å²) in [6.45, 7) is 5.22. The van der Waals surface area contributed by atoms with Crippen LogP contribution in [0.3, 0.4) is 0 Å². The number of carbonyl (C=O) groups excluding carboxylic acids is 1. The van der Waals surface area contributed by atoms with Crippen LogP contribution in [0.15, 0.2) is 36.8 Å². The molecular weight excluding hydrogens is 464 g/mol. The fraction of sp³-hybridized carbons (Fsp3) is 0.217. The van der Waals surface area contributed by atoms with Crippen molar-refractivity contribution in [3.8, 4) is 11.1 Å². The van der Waals surface area contributed by atoms with E-state index in [1.165, 1.54) is 6.20 Å². The van der Waals surface area contributed by atoms with E-state index in [0.717, 1.165) is 23.4 Å². The zero-order valence-corrected chi connectivity index (χ0v) is 19.4. The number of carbonyl (C=O) groups is 1. The summed E-state index contributed by atoms with van der Waals surface area (Å²) < 4.78 is 55.4. The average Bonchev–Trinajstić information content (AvgIpc) is 3.19. The van der Waals surface area contributed by atoms with Gasteiger partial charge >= 0.3 is 0 Å². The van der Waals surface area contributed by atoms with Crippen LogP contribution < -0.4 is 4.72 Å². The molecule has 0 bridgehead atoms. The SMILES string of the molecule is CCCS(=O)(=O)Nc1c(F)ccc(C(=O)c2c[nH]c3ncc(-c4cnc(C)nc4C)cc23)c1F. The van der Waals surface area contributed by atoms with Crippen LogP contribution >= 0.6 is 0 Å². The van der Waals surface area contributed by atoms with Gasteiger partial charge in [-0.2, -0.15) is 0 Å². The molecule has 1 aromatic carbocycles. The van der Waals surface area contributed by atoms with Gasteiger partial charge in [0.05, 0.1) is 11.3 Å². The van der Waals surface area contributed by atoms with E-state index in [9.17, 15) is 17.6 Å². The van der Waals surface area contributed by atoms with Crippen molar-refractivity contribution in [2.75, 3.05) is 10.5 Å². The van der Waals surface area contributed by atoms with Crippen molar-refractivity contribution in [1.82, 2.24) is 19.9 Å². The third kappa shape index (κ3) is 4.38. The number of hydrogen-bond acceptors (Lipinski definition) is 6. The molecule has 2 N–H and O–H groups in total. The fourth-order valence-corrected chi connectivity index (χ4v) is 4.78. The molecule has 3 heterocycles. The first-order valence-corrected chi connectivity index (χ1v) is 12.1. The molecule has 34 heavy (non-hydrogen) atoms. The predicted molar refractivity (Wildman–Crippen MR) is 124 cm³/mol. The molecule has 0 atom stereocenters. The first kappa shape index (κ1) is 23.4. The van der Waals surface area contributed by atoms with E-state index >= 15 is 4.39 Å². The Kier molecular flexibility index (Phi) is 6.13. The first-order valence-electron chi connectivity index (χ1n) is 10.4. The smallest absolute Gasteiger partial charge is 0.232 e. The van der Waals surface area contributed by atoms with Gasteiger partial charge in [0.25, 0.3) is 0 Å². The molecule has 0 spiro atoms. The number of H-pyrrole nitrogens is 1. The van der Waals surface area contributed by atoms with Crippen molar-refractivity contribution in [3.05, 3.63) is 71.1 Å². The summed E-state index contributed by atoms with van der Waals surface area (Å²) in [5, 5.41) is 0.416. The lowest BCUT2D eigenvalue weighted by molar-refractivity contribution is 0.103. The molecule has 4 aromatic rings. The summed E-state index contributed by atoms with van der Waals surface area (Å²) in [6.07, 6.45) is 4.90. The number of benzene rings is 1. The summed E-state index contributed by atoms with van der Waals surface area (Å²) in [5.74, 6) is -2.86. The quantitative estimate of drug-likeness (QED) is 0.377. The minimum Gasteiger partial charge on any atom is -0.345 e. The lowest BCUT2D eigenvalue weighted by atomic mass is 10.00. The summed E-state index contributed by atoms with van der Waals surface area (Å²) in [6, 6.07) is 3.55. The summed E-state index contributed by atoms with van der Waals surface area (Å²) in [4.78, 5) is 29.0. The average molecular weight is 486 g/mol. The molecule has 0 radical (unpaired) electrons. The minimum atomic E-state index is -3.97. The molecule has 0 fully saturated rings. The van der Waals surface area contributed by atoms with Gasteiger partial charge in [-0.25, -0.2) is 32.2 Å². The summed E-state index contributed by atoms with van der Waals surface area (Å²) >= 11 is 0. The molecule has 0 amide bonds. The molecule has 4 rings (SSSR count). The Morgan fingerprint density at radius 3 is 2.59 bits per heavy atom. The second kappa shape index (κ2) is 8.90. The number of aryl methyl sites for hydroxylation is 2. The molecule has 0 aliphatic rings. The van der Waals surface area contributed by atoms with Crippen molar-refractivity contribution in [3.63, 3.8) is 0 Å². The maximum absolute atomic E-state index is 15.2. The van der Waals surface area contributed by atoms with Crippen molar-refractivity contribution < 1.29 is 22.0 Å². The molecule has 0 aliphatic heterocycles. The number of halogens is 2. The highest BCUT2D eigenvalue weighted by atomic mass is 32.2. The van der Waals surface area contributed by atoms with Gasteiger partial charge in [0.2, 0.25) is 10.0 Å². The zero-order valence-electron chi connectivity index (χ0n) is 18.6. The van der Waals surface area contributed by atoms with Crippen LogP contribution in [0.1, 0.15) is 40.8 Å². The van der Waals surface area contributed by atoms with Gasteiger partial charge < -0.3 is 4.98 Å². The fourth-order valence-electron chi connectivity index (χ4n) is 3.65. The summed E-state index contributed by atoms with van der Waals surface area (Å²) in [5.41, 5.74) is 1.24. The molecular formula is C23H21F2N5O3S. The van der Waals surface area contributed by atoms with Crippen molar-refractivity contribution in [1.29, 1.82) is 0 Å². The number of anilines is 1. The molecule has 0 saturated carbocycles. The molecule has 8 nitrogen and oxygen atoms in total. The molecule has 0 aliphatic carbocycles. The van der Waals surface area contributed by atoms with Gasteiger partial charge in [-0.1, -0.05) is 6.92 Å². The van der Waals surface area contributed by atoms with Crippen LogP contribution in [0.4, 0.5) is 14.5 Å². The van der Waals surface area contributed by atoms with E-state index in [1.54, 1.807) is 32.3 Å². The number of aromatic nitrogens is 4. The van der Waals surface area contributed by atoms with Gasteiger partial charge in [0.1, 0.15) is 23.0 Å². The minimum absolute atomic E-state index is 0.0999.